The van der Waals surface area contributed by atoms with Crippen LogP contribution in [-0.4, -0.2) is 24.2 Å². The van der Waals surface area contributed by atoms with Crippen molar-refractivity contribution in [1.82, 2.24) is 0 Å². The van der Waals surface area contributed by atoms with Gasteiger partial charge in [0.2, 0.25) is 5.76 Å². The molecule has 9 heteroatoms. The van der Waals surface area contributed by atoms with Gasteiger partial charge in [0.05, 0.1) is 24.5 Å². The van der Waals surface area contributed by atoms with Crippen LogP contribution in [0.2, 0.25) is 0 Å². The van der Waals surface area contributed by atoms with Crippen molar-refractivity contribution in [2.75, 3.05) is 12.5 Å². The Morgan fingerprint density at radius 1 is 1.18 bits per heavy atom. The van der Waals surface area contributed by atoms with Crippen LogP contribution in [0.4, 0.5) is 11.4 Å². The number of furan rings is 1. The molecule has 0 radical (unpaired) electrons. The molecular formula is C19H15N3O6. The van der Waals surface area contributed by atoms with E-state index in [0.717, 1.165) is 0 Å². The first-order valence-electron chi connectivity index (χ1n) is 8.04. The standard InChI is InChI=1S/C19H15N3O6/c1-26-18-11-13(8-9-16(18)28-19(23)17-7-4-10-27-17)12-20-21-14-5-2-3-6-15(14)22(24)25/h2-12,21H,1H3/b20-12-. The third kappa shape index (κ3) is 4.33. The fraction of sp³-hybridized carbons (Fsp3) is 0.0526. The number of hydrazone groups is 1. The van der Waals surface area contributed by atoms with Crippen LogP contribution < -0.4 is 14.9 Å². The van der Waals surface area contributed by atoms with Crippen molar-refractivity contribution >= 4 is 23.6 Å². The normalized spacial score (nSPS) is 10.6. The summed E-state index contributed by atoms with van der Waals surface area (Å²) in [5.74, 6) is -0.0497. The molecule has 142 valence electrons. The Bertz CT molecular complexity index is 1010. The van der Waals surface area contributed by atoms with Crippen molar-refractivity contribution in [1.29, 1.82) is 0 Å². The van der Waals surface area contributed by atoms with Crippen molar-refractivity contribution in [2.45, 2.75) is 0 Å². The maximum atomic E-state index is 12.0. The van der Waals surface area contributed by atoms with Gasteiger partial charge >= 0.3 is 5.97 Å². The van der Waals surface area contributed by atoms with Crippen LogP contribution in [-0.2, 0) is 0 Å². The van der Waals surface area contributed by atoms with Crippen molar-refractivity contribution in [2.24, 2.45) is 5.10 Å². The molecule has 1 aromatic heterocycles. The number of hydrogen-bond donors (Lipinski definition) is 1. The first kappa shape index (κ1) is 18.6. The molecule has 3 aromatic rings. The number of nitrogens with zero attached hydrogens (tertiary/aromatic N) is 2. The topological polar surface area (TPSA) is 116 Å². The monoisotopic (exact) mass is 381 g/mol. The van der Waals surface area contributed by atoms with E-state index in [1.807, 2.05) is 0 Å². The molecule has 3 rings (SSSR count). The first-order chi connectivity index (χ1) is 13.6. The zero-order chi connectivity index (χ0) is 19.9. The molecule has 0 amide bonds. The zero-order valence-electron chi connectivity index (χ0n) is 14.7. The second kappa shape index (κ2) is 8.49. The van der Waals surface area contributed by atoms with Crippen molar-refractivity contribution in [3.05, 3.63) is 82.3 Å². The summed E-state index contributed by atoms with van der Waals surface area (Å²) in [5, 5.41) is 15.0. The number of benzene rings is 2. The molecule has 0 atom stereocenters. The third-order valence-corrected chi connectivity index (χ3v) is 3.61. The van der Waals surface area contributed by atoms with Crippen LogP contribution in [0.15, 0.2) is 70.4 Å². The van der Waals surface area contributed by atoms with Gasteiger partial charge in [0.1, 0.15) is 5.69 Å². The molecular weight excluding hydrogens is 366 g/mol. The van der Waals surface area contributed by atoms with Gasteiger partial charge < -0.3 is 13.9 Å². The Hall–Kier alpha value is -4.14. The van der Waals surface area contributed by atoms with Gasteiger partial charge in [-0.3, -0.25) is 15.5 Å². The maximum absolute atomic E-state index is 12.0. The number of methoxy groups -OCH3 is 1. The molecule has 28 heavy (non-hydrogen) atoms. The molecule has 0 aliphatic heterocycles. The fourth-order valence-electron chi connectivity index (χ4n) is 2.30. The van der Waals surface area contributed by atoms with Gasteiger partial charge in [-0.05, 0) is 42.0 Å². The number of carbonyl (C=O) groups excluding carboxylic acids is 1. The molecule has 1 N–H and O–H groups in total. The summed E-state index contributed by atoms with van der Waals surface area (Å²) in [7, 11) is 1.44. The Labute approximate surface area is 159 Å². The third-order valence-electron chi connectivity index (χ3n) is 3.61. The number of para-hydroxylation sites is 2. The molecule has 0 fully saturated rings. The van der Waals surface area contributed by atoms with Gasteiger partial charge in [-0.25, -0.2) is 4.79 Å². The minimum atomic E-state index is -0.650. The number of hydrogen-bond acceptors (Lipinski definition) is 8. The lowest BCUT2D eigenvalue weighted by Crippen LogP contribution is -2.08. The SMILES string of the molecule is COc1cc(/C=N\Nc2ccccc2[N+](=O)[O-])ccc1OC(=O)c1ccco1. The molecule has 0 saturated heterocycles. The maximum Gasteiger partial charge on any atom is 0.379 e. The smallest absolute Gasteiger partial charge is 0.379 e. The molecule has 0 saturated carbocycles. The number of nitrogens with one attached hydrogen (secondary N) is 1. The van der Waals surface area contributed by atoms with Crippen LogP contribution in [0.1, 0.15) is 16.1 Å². The van der Waals surface area contributed by atoms with Gasteiger partial charge in [-0.15, -0.1) is 0 Å². The predicted octanol–water partition coefficient (Wildman–Crippen LogP) is 3.86. The average Bonchev–Trinajstić information content (AvgIpc) is 3.24. The van der Waals surface area contributed by atoms with Crippen LogP contribution in [0.25, 0.3) is 0 Å². The van der Waals surface area contributed by atoms with E-state index < -0.39 is 10.9 Å². The molecule has 0 aliphatic rings. The van der Waals surface area contributed by atoms with Crippen molar-refractivity contribution in [3.63, 3.8) is 0 Å². The molecule has 1 heterocycles. The van der Waals surface area contributed by atoms with Gasteiger partial charge in [0, 0.05) is 6.07 Å². The quantitative estimate of drug-likeness (QED) is 0.217. The highest BCUT2D eigenvalue weighted by Gasteiger charge is 2.15. The summed E-state index contributed by atoms with van der Waals surface area (Å²) in [5.41, 5.74) is 3.44. The molecule has 0 spiro atoms. The summed E-state index contributed by atoms with van der Waals surface area (Å²) in [6, 6.07) is 14.0. The number of nitro groups is 1. The second-order valence-electron chi connectivity index (χ2n) is 5.42. The Morgan fingerprint density at radius 2 is 2.00 bits per heavy atom. The van der Waals surface area contributed by atoms with Crippen LogP contribution >= 0.6 is 0 Å². The van der Waals surface area contributed by atoms with Crippen LogP contribution in [0.3, 0.4) is 0 Å². The van der Waals surface area contributed by atoms with E-state index in [0.29, 0.717) is 11.3 Å². The summed E-state index contributed by atoms with van der Waals surface area (Å²) in [4.78, 5) is 22.5. The molecule has 0 unspecified atom stereocenters. The Kier molecular flexibility index (Phi) is 5.66. The second-order valence-corrected chi connectivity index (χ2v) is 5.42. The largest absolute Gasteiger partial charge is 0.493 e. The average molecular weight is 381 g/mol. The highest BCUT2D eigenvalue weighted by molar-refractivity contribution is 5.89. The highest BCUT2D eigenvalue weighted by Crippen LogP contribution is 2.28. The molecule has 2 aromatic carbocycles. The van der Waals surface area contributed by atoms with Crippen LogP contribution in [0.5, 0.6) is 11.5 Å². The summed E-state index contributed by atoms with van der Waals surface area (Å²) < 4.78 is 15.5. The summed E-state index contributed by atoms with van der Waals surface area (Å²) >= 11 is 0. The number of nitro benzene ring substituents is 1. The van der Waals surface area contributed by atoms with E-state index in [4.69, 9.17) is 13.9 Å². The molecule has 9 nitrogen and oxygen atoms in total. The van der Waals surface area contributed by atoms with Crippen LogP contribution in [0, 0.1) is 10.1 Å². The zero-order valence-corrected chi connectivity index (χ0v) is 14.7. The van der Waals surface area contributed by atoms with Gasteiger partial charge in [-0.2, -0.15) is 5.10 Å². The fourth-order valence-corrected chi connectivity index (χ4v) is 2.30. The van der Waals surface area contributed by atoms with Gasteiger partial charge in [-0.1, -0.05) is 12.1 Å². The van der Waals surface area contributed by atoms with E-state index in [9.17, 15) is 14.9 Å². The Balaban J connectivity index is 1.72. The predicted molar refractivity (Wildman–Crippen MR) is 101 cm³/mol. The van der Waals surface area contributed by atoms with E-state index in [2.05, 4.69) is 10.5 Å². The van der Waals surface area contributed by atoms with E-state index in [-0.39, 0.29) is 22.9 Å². The lowest BCUT2D eigenvalue weighted by molar-refractivity contribution is -0.384. The Morgan fingerprint density at radius 3 is 2.71 bits per heavy atom. The minimum absolute atomic E-state index is 0.0707. The van der Waals surface area contributed by atoms with E-state index in [1.54, 1.807) is 42.5 Å². The molecule has 0 bridgehead atoms. The summed E-state index contributed by atoms with van der Waals surface area (Å²) in [6.07, 6.45) is 2.83. The first-order valence-corrected chi connectivity index (χ1v) is 8.04. The number of esters is 1. The lowest BCUT2D eigenvalue weighted by atomic mass is 10.2. The highest BCUT2D eigenvalue weighted by atomic mass is 16.6. The van der Waals surface area contributed by atoms with Gasteiger partial charge in [0.25, 0.3) is 5.69 Å². The number of rotatable bonds is 7. The van der Waals surface area contributed by atoms with Gasteiger partial charge in [0.15, 0.2) is 11.5 Å². The number of ether oxygens (including phenoxy) is 2. The summed E-state index contributed by atoms with van der Waals surface area (Å²) in [6.45, 7) is 0. The van der Waals surface area contributed by atoms with E-state index >= 15 is 0 Å². The molecule has 0 aliphatic carbocycles. The minimum Gasteiger partial charge on any atom is -0.493 e. The van der Waals surface area contributed by atoms with Crippen molar-refractivity contribution < 1.29 is 23.6 Å². The van der Waals surface area contributed by atoms with E-state index in [1.165, 1.54) is 31.7 Å². The number of anilines is 1. The number of carbonyl (C=O) groups is 1. The lowest BCUT2D eigenvalue weighted by Gasteiger charge is -2.09. The van der Waals surface area contributed by atoms with Crippen molar-refractivity contribution in [3.8, 4) is 11.5 Å².